The highest BCUT2D eigenvalue weighted by molar-refractivity contribution is 5.88. The van der Waals surface area contributed by atoms with Crippen LogP contribution in [0.3, 0.4) is 0 Å². The number of hydrogen-bond acceptors (Lipinski definition) is 6. The molecule has 0 N–H and O–H groups in total. The Hall–Kier alpha value is -2.54. The molecule has 2 aliphatic heterocycles. The first-order chi connectivity index (χ1) is 13.8. The van der Waals surface area contributed by atoms with Crippen molar-refractivity contribution in [2.45, 2.75) is 39.4 Å². The lowest BCUT2D eigenvalue weighted by Gasteiger charge is -2.37. The van der Waals surface area contributed by atoms with Crippen LogP contribution in [0.4, 0.5) is 4.79 Å². The fourth-order valence-electron chi connectivity index (χ4n) is 3.69. The minimum atomic E-state index is -0.467. The SMILES string of the molecule is Cc1ccc2c3c(ccc2n1)OC[C@H](CN1CCN(C(=O)OC(C)(C)C)CC1)O3. The highest BCUT2D eigenvalue weighted by Crippen LogP contribution is 2.38. The summed E-state index contributed by atoms with van der Waals surface area (Å²) in [5.74, 6) is 1.55. The van der Waals surface area contributed by atoms with E-state index in [0.29, 0.717) is 19.7 Å². The van der Waals surface area contributed by atoms with Gasteiger partial charge in [0.25, 0.3) is 0 Å². The number of nitrogens with zero attached hydrogens (tertiary/aromatic N) is 3. The van der Waals surface area contributed by atoms with Gasteiger partial charge in [-0.2, -0.15) is 0 Å². The van der Waals surface area contributed by atoms with Crippen LogP contribution < -0.4 is 9.47 Å². The minimum Gasteiger partial charge on any atom is -0.486 e. The monoisotopic (exact) mass is 399 g/mol. The first-order valence-electron chi connectivity index (χ1n) is 10.2. The molecule has 1 fully saturated rings. The smallest absolute Gasteiger partial charge is 0.410 e. The number of piperazine rings is 1. The quantitative estimate of drug-likeness (QED) is 0.773. The van der Waals surface area contributed by atoms with Crippen LogP contribution in [0, 0.1) is 6.92 Å². The second kappa shape index (κ2) is 7.71. The van der Waals surface area contributed by atoms with Crippen LogP contribution in [0.1, 0.15) is 26.5 Å². The van der Waals surface area contributed by atoms with E-state index in [9.17, 15) is 4.79 Å². The molecule has 1 aromatic heterocycles. The predicted molar refractivity (Wildman–Crippen MR) is 111 cm³/mol. The van der Waals surface area contributed by atoms with E-state index in [2.05, 4.69) is 9.88 Å². The number of amides is 1. The number of carbonyl (C=O) groups is 1. The standard InChI is InChI=1S/C22H29N3O4/c1-15-5-6-17-18(23-15)7-8-19-20(17)28-16(14-27-19)13-24-9-11-25(12-10-24)21(26)29-22(2,3)4/h5-8,16H,9-14H2,1-4H3/t16-/m0/s1. The number of benzene rings is 1. The lowest BCUT2D eigenvalue weighted by Crippen LogP contribution is -2.52. The van der Waals surface area contributed by atoms with Gasteiger partial charge in [-0.15, -0.1) is 0 Å². The van der Waals surface area contributed by atoms with Gasteiger partial charge in [-0.1, -0.05) is 0 Å². The normalized spacial score (nSPS) is 20.0. The van der Waals surface area contributed by atoms with Gasteiger partial charge in [0, 0.05) is 43.8 Å². The summed E-state index contributed by atoms with van der Waals surface area (Å²) < 4.78 is 17.8. The molecular weight excluding hydrogens is 370 g/mol. The first-order valence-corrected chi connectivity index (χ1v) is 10.2. The summed E-state index contributed by atoms with van der Waals surface area (Å²) in [6.45, 7) is 11.8. The van der Waals surface area contributed by atoms with Gasteiger partial charge in [0.05, 0.1) is 5.52 Å². The molecule has 4 rings (SSSR count). The van der Waals surface area contributed by atoms with Gasteiger partial charge in [0.1, 0.15) is 18.3 Å². The molecule has 0 spiro atoms. The zero-order valence-corrected chi connectivity index (χ0v) is 17.6. The fourth-order valence-corrected chi connectivity index (χ4v) is 3.69. The maximum Gasteiger partial charge on any atom is 0.410 e. The number of aryl methyl sites for hydroxylation is 1. The van der Waals surface area contributed by atoms with Crippen LogP contribution >= 0.6 is 0 Å². The molecule has 1 atom stereocenters. The molecule has 0 bridgehead atoms. The summed E-state index contributed by atoms with van der Waals surface area (Å²) in [7, 11) is 0. The Morgan fingerprint density at radius 1 is 1.17 bits per heavy atom. The van der Waals surface area contributed by atoms with Gasteiger partial charge in [0.2, 0.25) is 0 Å². The number of pyridine rings is 1. The molecule has 0 unspecified atom stereocenters. The molecule has 29 heavy (non-hydrogen) atoms. The molecule has 0 radical (unpaired) electrons. The van der Waals surface area contributed by atoms with Gasteiger partial charge in [-0.25, -0.2) is 4.79 Å². The largest absolute Gasteiger partial charge is 0.486 e. The van der Waals surface area contributed by atoms with Crippen LogP contribution in [0.5, 0.6) is 11.5 Å². The second-order valence-corrected chi connectivity index (χ2v) is 8.73. The van der Waals surface area contributed by atoms with Crippen molar-refractivity contribution < 1.29 is 19.0 Å². The molecular formula is C22H29N3O4. The Morgan fingerprint density at radius 2 is 1.93 bits per heavy atom. The lowest BCUT2D eigenvalue weighted by molar-refractivity contribution is 0.00665. The molecule has 7 heteroatoms. The third-order valence-corrected chi connectivity index (χ3v) is 5.12. The number of aromatic nitrogens is 1. The Morgan fingerprint density at radius 3 is 2.66 bits per heavy atom. The first kappa shape index (κ1) is 19.8. The van der Waals surface area contributed by atoms with E-state index in [4.69, 9.17) is 14.2 Å². The average Bonchev–Trinajstić information content (AvgIpc) is 2.67. The number of carbonyl (C=O) groups excluding carboxylic acids is 1. The summed E-state index contributed by atoms with van der Waals surface area (Å²) in [5, 5.41) is 0.979. The Kier molecular flexibility index (Phi) is 5.25. The third kappa shape index (κ3) is 4.56. The summed E-state index contributed by atoms with van der Waals surface area (Å²) in [6.07, 6.45) is -0.292. The van der Waals surface area contributed by atoms with Crippen LogP contribution in [0.25, 0.3) is 10.9 Å². The van der Waals surface area contributed by atoms with Gasteiger partial charge < -0.3 is 19.1 Å². The molecule has 1 aromatic carbocycles. The van der Waals surface area contributed by atoms with Gasteiger partial charge in [-0.3, -0.25) is 9.88 Å². The number of hydrogen-bond donors (Lipinski definition) is 0. The van der Waals surface area contributed by atoms with Crippen LogP contribution in [-0.4, -0.2) is 71.9 Å². The van der Waals surface area contributed by atoms with Crippen molar-refractivity contribution in [3.8, 4) is 11.5 Å². The van der Waals surface area contributed by atoms with Crippen molar-refractivity contribution in [1.82, 2.24) is 14.8 Å². The molecule has 156 valence electrons. The molecule has 0 aliphatic carbocycles. The van der Waals surface area contributed by atoms with E-state index in [-0.39, 0.29) is 12.2 Å². The predicted octanol–water partition coefficient (Wildman–Crippen LogP) is 3.24. The summed E-state index contributed by atoms with van der Waals surface area (Å²) in [5.41, 5.74) is 1.43. The third-order valence-electron chi connectivity index (χ3n) is 5.12. The van der Waals surface area contributed by atoms with E-state index in [0.717, 1.165) is 47.7 Å². The Labute approximate surface area is 171 Å². The molecule has 2 aliphatic rings. The fraction of sp³-hybridized carbons (Fsp3) is 0.545. The molecule has 1 amide bonds. The molecule has 3 heterocycles. The minimum absolute atomic E-state index is 0.0533. The van der Waals surface area contributed by atoms with E-state index in [1.807, 2.05) is 52.0 Å². The topological polar surface area (TPSA) is 64.1 Å². The van der Waals surface area contributed by atoms with E-state index < -0.39 is 5.60 Å². The van der Waals surface area contributed by atoms with Gasteiger partial charge in [0.15, 0.2) is 11.5 Å². The molecule has 0 saturated carbocycles. The molecule has 2 aromatic rings. The summed E-state index contributed by atoms with van der Waals surface area (Å²) >= 11 is 0. The number of ether oxygens (including phenoxy) is 3. The van der Waals surface area contributed by atoms with Gasteiger partial charge in [-0.05, 0) is 52.0 Å². The summed E-state index contributed by atoms with van der Waals surface area (Å²) in [4.78, 5) is 20.9. The number of rotatable bonds is 2. The van der Waals surface area contributed by atoms with Crippen molar-refractivity contribution in [2.75, 3.05) is 39.3 Å². The summed E-state index contributed by atoms with van der Waals surface area (Å²) in [6, 6.07) is 7.94. The van der Waals surface area contributed by atoms with Crippen LogP contribution in [0.2, 0.25) is 0 Å². The van der Waals surface area contributed by atoms with E-state index >= 15 is 0 Å². The Balaban J connectivity index is 1.36. The van der Waals surface area contributed by atoms with Crippen molar-refractivity contribution in [3.05, 3.63) is 30.0 Å². The zero-order chi connectivity index (χ0) is 20.6. The molecule has 1 saturated heterocycles. The van der Waals surface area contributed by atoms with Crippen molar-refractivity contribution >= 4 is 17.0 Å². The second-order valence-electron chi connectivity index (χ2n) is 8.73. The van der Waals surface area contributed by atoms with Crippen molar-refractivity contribution in [2.24, 2.45) is 0 Å². The van der Waals surface area contributed by atoms with Crippen molar-refractivity contribution in [3.63, 3.8) is 0 Å². The van der Waals surface area contributed by atoms with E-state index in [1.165, 1.54) is 0 Å². The maximum absolute atomic E-state index is 12.2. The van der Waals surface area contributed by atoms with Crippen molar-refractivity contribution in [1.29, 1.82) is 0 Å². The zero-order valence-electron chi connectivity index (χ0n) is 17.6. The molecule has 7 nitrogen and oxygen atoms in total. The van der Waals surface area contributed by atoms with Crippen LogP contribution in [0.15, 0.2) is 24.3 Å². The van der Waals surface area contributed by atoms with Gasteiger partial charge >= 0.3 is 6.09 Å². The van der Waals surface area contributed by atoms with E-state index in [1.54, 1.807) is 4.90 Å². The highest BCUT2D eigenvalue weighted by Gasteiger charge is 2.29. The maximum atomic E-state index is 12.2. The average molecular weight is 399 g/mol. The number of fused-ring (bicyclic) bond motifs is 3. The lowest BCUT2D eigenvalue weighted by atomic mass is 10.1. The van der Waals surface area contributed by atoms with Crippen LogP contribution in [-0.2, 0) is 4.74 Å². The highest BCUT2D eigenvalue weighted by atomic mass is 16.6. The Bertz CT molecular complexity index is 901.